The number of rotatable bonds is 23. The van der Waals surface area contributed by atoms with Crippen molar-refractivity contribution in [1.82, 2.24) is 0 Å². The van der Waals surface area contributed by atoms with E-state index in [4.69, 9.17) is 23.7 Å². The van der Waals surface area contributed by atoms with E-state index in [1.54, 1.807) is 0 Å². The molecule has 0 aromatic heterocycles. The molecule has 0 bridgehead atoms. The van der Waals surface area contributed by atoms with Gasteiger partial charge in [-0.05, 0) is 82.5 Å². The van der Waals surface area contributed by atoms with Crippen LogP contribution in [0.1, 0.15) is 142 Å². The topological polar surface area (TPSA) is 114 Å². The molecule has 0 saturated carbocycles. The number of hydrogen-bond acceptors (Lipinski definition) is 9. The highest BCUT2D eigenvalue weighted by atomic mass is 16.6. The molecule has 9 nitrogen and oxygen atoms in total. The van der Waals surface area contributed by atoms with Crippen LogP contribution in [0.25, 0.3) is 0 Å². The van der Waals surface area contributed by atoms with Crippen molar-refractivity contribution < 1.29 is 42.9 Å². The first-order chi connectivity index (χ1) is 21.0. The van der Waals surface area contributed by atoms with E-state index >= 15 is 0 Å². The summed E-state index contributed by atoms with van der Waals surface area (Å²) in [5.41, 5.74) is -1.60. The highest BCUT2D eigenvalue weighted by Gasteiger charge is 2.39. The van der Waals surface area contributed by atoms with Gasteiger partial charge >= 0.3 is 23.9 Å². The van der Waals surface area contributed by atoms with Gasteiger partial charge in [0.1, 0.15) is 13.2 Å². The van der Waals surface area contributed by atoms with Crippen molar-refractivity contribution >= 4 is 23.9 Å². The van der Waals surface area contributed by atoms with Crippen molar-refractivity contribution in [3.8, 4) is 0 Å². The molecule has 9 heteroatoms. The second-order valence-electron chi connectivity index (χ2n) is 16.2. The van der Waals surface area contributed by atoms with Crippen LogP contribution < -0.4 is 0 Å². The predicted molar refractivity (Wildman–Crippen MR) is 181 cm³/mol. The molecule has 0 rings (SSSR count). The van der Waals surface area contributed by atoms with E-state index in [-0.39, 0.29) is 62.0 Å². The smallest absolute Gasteiger partial charge is 0.312 e. The lowest BCUT2D eigenvalue weighted by molar-refractivity contribution is -0.177. The number of hydrogen-bond donors (Lipinski definition) is 0. The van der Waals surface area contributed by atoms with Gasteiger partial charge in [0, 0.05) is 12.8 Å². The molecule has 0 aliphatic heterocycles. The van der Waals surface area contributed by atoms with Gasteiger partial charge in [-0.1, -0.05) is 69.2 Å². The number of ether oxygens (including phenoxy) is 5. The Hall–Kier alpha value is -2.16. The van der Waals surface area contributed by atoms with Gasteiger partial charge in [-0.25, -0.2) is 0 Å². The molecule has 0 radical (unpaired) electrons. The zero-order valence-corrected chi connectivity index (χ0v) is 31.8. The average Bonchev–Trinajstić information content (AvgIpc) is 2.92. The molecule has 2 atom stereocenters. The Balaban J connectivity index is 5.72. The first-order valence-electron chi connectivity index (χ1n) is 17.3. The molecule has 0 N–H and O–H groups in total. The van der Waals surface area contributed by atoms with Crippen LogP contribution in [0.5, 0.6) is 0 Å². The summed E-state index contributed by atoms with van der Waals surface area (Å²) in [4.78, 5) is 51.0. The van der Waals surface area contributed by atoms with Crippen molar-refractivity contribution in [3.63, 3.8) is 0 Å². The highest BCUT2D eigenvalue weighted by molar-refractivity contribution is 5.76. The minimum Gasteiger partial charge on any atom is -0.462 e. The van der Waals surface area contributed by atoms with Gasteiger partial charge in [0.2, 0.25) is 0 Å². The summed E-state index contributed by atoms with van der Waals surface area (Å²) in [5, 5.41) is 0. The molecular weight excluding hydrogens is 588 g/mol. The molecule has 0 saturated heterocycles. The van der Waals surface area contributed by atoms with Crippen molar-refractivity contribution in [2.24, 2.45) is 33.5 Å². The molecule has 0 fully saturated rings. The second kappa shape index (κ2) is 19.6. The van der Waals surface area contributed by atoms with E-state index in [1.807, 2.05) is 41.5 Å². The van der Waals surface area contributed by atoms with Gasteiger partial charge in [-0.15, -0.1) is 0 Å². The van der Waals surface area contributed by atoms with E-state index in [1.165, 1.54) is 0 Å². The Morgan fingerprint density at radius 2 is 0.935 bits per heavy atom. The van der Waals surface area contributed by atoms with Crippen LogP contribution in [-0.4, -0.2) is 62.5 Å². The molecule has 0 aromatic rings. The SMILES string of the molecule is CCCC(=O)OCC(COCC(COC(=O)CCC)OC(=O)C(C)(C)CC(C)(C)C(C)C)OC(=O)C(C)(C)CCC(C)(C)C(C)C. The van der Waals surface area contributed by atoms with Gasteiger partial charge in [-0.2, -0.15) is 0 Å². The zero-order chi connectivity index (χ0) is 35.9. The van der Waals surface area contributed by atoms with Crippen LogP contribution in [-0.2, 0) is 42.9 Å². The third-order valence-electron chi connectivity index (χ3n) is 9.45. The van der Waals surface area contributed by atoms with Crippen molar-refractivity contribution in [2.75, 3.05) is 26.4 Å². The summed E-state index contributed by atoms with van der Waals surface area (Å²) in [6, 6.07) is 0. The number of esters is 4. The standard InChI is InChI=1S/C37H68O9/c1-15-17-30(38)43-23-28(45-32(40)35(9,10)20-19-34(7,8)26(3)4)21-42-22-29(24-44-31(39)18-16-2)46-33(41)37(13,14)25-36(11,12)27(5)6/h26-29H,15-25H2,1-14H3. The molecular formula is C37H68O9. The first-order valence-corrected chi connectivity index (χ1v) is 17.3. The van der Waals surface area contributed by atoms with Crippen LogP contribution in [0.15, 0.2) is 0 Å². The summed E-state index contributed by atoms with van der Waals surface area (Å²) in [6.45, 7) is 27.9. The number of carbonyl (C=O) groups excluding carboxylic acids is 4. The minimum atomic E-state index is -0.872. The third-order valence-corrected chi connectivity index (χ3v) is 9.45. The highest BCUT2D eigenvalue weighted by Crippen LogP contribution is 2.40. The Kier molecular flexibility index (Phi) is 18.7. The number of carbonyl (C=O) groups is 4. The van der Waals surface area contributed by atoms with E-state index in [2.05, 4.69) is 55.4 Å². The van der Waals surface area contributed by atoms with Crippen LogP contribution >= 0.6 is 0 Å². The Morgan fingerprint density at radius 3 is 1.30 bits per heavy atom. The Labute approximate surface area is 280 Å². The summed E-state index contributed by atoms with van der Waals surface area (Å²) in [5.74, 6) is -0.786. The fourth-order valence-corrected chi connectivity index (χ4v) is 4.55. The maximum atomic E-state index is 13.4. The predicted octanol–water partition coefficient (Wildman–Crippen LogP) is 8.10. The van der Waals surface area contributed by atoms with E-state index in [0.29, 0.717) is 37.5 Å². The summed E-state index contributed by atoms with van der Waals surface area (Å²) >= 11 is 0. The Bertz CT molecular complexity index is 946. The molecule has 0 aromatic carbocycles. The fraction of sp³-hybridized carbons (Fsp3) is 0.892. The Morgan fingerprint density at radius 1 is 0.543 bits per heavy atom. The van der Waals surface area contributed by atoms with Crippen LogP contribution in [0.3, 0.4) is 0 Å². The van der Waals surface area contributed by atoms with Gasteiger partial charge in [0.25, 0.3) is 0 Å². The summed E-state index contributed by atoms with van der Waals surface area (Å²) in [6.07, 6.45) is 2.10. The van der Waals surface area contributed by atoms with Crippen LogP contribution in [0.2, 0.25) is 0 Å². The lowest BCUT2D eigenvalue weighted by Crippen LogP contribution is -2.40. The first kappa shape index (κ1) is 43.8. The molecule has 46 heavy (non-hydrogen) atoms. The molecule has 0 aliphatic carbocycles. The van der Waals surface area contributed by atoms with Crippen molar-refractivity contribution in [1.29, 1.82) is 0 Å². The van der Waals surface area contributed by atoms with Crippen LogP contribution in [0.4, 0.5) is 0 Å². The lowest BCUT2D eigenvalue weighted by atomic mass is 9.69. The molecule has 0 amide bonds. The fourth-order valence-electron chi connectivity index (χ4n) is 4.55. The maximum Gasteiger partial charge on any atom is 0.312 e. The third kappa shape index (κ3) is 16.6. The normalized spacial score (nSPS) is 14.2. The van der Waals surface area contributed by atoms with Gasteiger partial charge < -0.3 is 23.7 Å². The molecule has 0 heterocycles. The average molecular weight is 657 g/mol. The van der Waals surface area contributed by atoms with E-state index in [0.717, 1.165) is 6.42 Å². The van der Waals surface area contributed by atoms with E-state index in [9.17, 15) is 19.2 Å². The van der Waals surface area contributed by atoms with Crippen LogP contribution in [0, 0.1) is 33.5 Å². The van der Waals surface area contributed by atoms with Gasteiger partial charge in [0.05, 0.1) is 24.0 Å². The van der Waals surface area contributed by atoms with Crippen molar-refractivity contribution in [2.45, 2.75) is 154 Å². The molecule has 0 spiro atoms. The van der Waals surface area contributed by atoms with Gasteiger partial charge in [0.15, 0.2) is 12.2 Å². The minimum absolute atomic E-state index is 0.0574. The largest absolute Gasteiger partial charge is 0.462 e. The maximum absolute atomic E-state index is 13.4. The second-order valence-corrected chi connectivity index (χ2v) is 16.2. The summed E-state index contributed by atoms with van der Waals surface area (Å²) in [7, 11) is 0. The quantitative estimate of drug-likeness (QED) is 0.0795. The lowest BCUT2D eigenvalue weighted by Gasteiger charge is -2.37. The van der Waals surface area contributed by atoms with Crippen molar-refractivity contribution in [3.05, 3.63) is 0 Å². The molecule has 270 valence electrons. The summed E-state index contributed by atoms with van der Waals surface area (Å²) < 4.78 is 28.4. The van der Waals surface area contributed by atoms with Gasteiger partial charge in [-0.3, -0.25) is 19.2 Å². The molecule has 0 aliphatic rings. The monoisotopic (exact) mass is 656 g/mol. The molecule has 2 unspecified atom stereocenters. The zero-order valence-electron chi connectivity index (χ0n) is 31.8. The van der Waals surface area contributed by atoms with E-state index < -0.39 is 35.0 Å².